The van der Waals surface area contributed by atoms with Crippen LogP contribution in [-0.2, 0) is 6.54 Å². The standard InChI is InChI=1S/C17H28N2O/c1-14(2)20-17-8-6-7-16(11-17)12-18-15(3)13-19-9-4-5-10-19/h6-8,11,14-15,18H,4-5,9-10,12-13H2,1-3H3. The number of hydrogen-bond donors (Lipinski definition) is 1. The Hall–Kier alpha value is -1.06. The van der Waals surface area contributed by atoms with Crippen LogP contribution >= 0.6 is 0 Å². The zero-order valence-electron chi connectivity index (χ0n) is 13.1. The number of likely N-dealkylation sites (tertiary alicyclic amines) is 1. The third kappa shape index (κ3) is 5.14. The molecular weight excluding hydrogens is 248 g/mol. The maximum absolute atomic E-state index is 5.73. The van der Waals surface area contributed by atoms with Crippen LogP contribution in [0.4, 0.5) is 0 Å². The monoisotopic (exact) mass is 276 g/mol. The summed E-state index contributed by atoms with van der Waals surface area (Å²) in [6, 6.07) is 8.91. The molecule has 3 heteroatoms. The molecule has 3 nitrogen and oxygen atoms in total. The average Bonchev–Trinajstić information content (AvgIpc) is 2.89. The summed E-state index contributed by atoms with van der Waals surface area (Å²) in [6.07, 6.45) is 2.95. The molecule has 1 N–H and O–H groups in total. The third-order valence-corrected chi connectivity index (χ3v) is 3.66. The molecule has 0 bridgehead atoms. The van der Waals surface area contributed by atoms with Crippen molar-refractivity contribution >= 4 is 0 Å². The van der Waals surface area contributed by atoms with Gasteiger partial charge in [-0.05, 0) is 64.4 Å². The number of hydrogen-bond acceptors (Lipinski definition) is 3. The summed E-state index contributed by atoms with van der Waals surface area (Å²) in [7, 11) is 0. The van der Waals surface area contributed by atoms with Crippen LogP contribution in [0.25, 0.3) is 0 Å². The summed E-state index contributed by atoms with van der Waals surface area (Å²) in [5.74, 6) is 0.964. The van der Waals surface area contributed by atoms with Crippen molar-refractivity contribution in [1.82, 2.24) is 10.2 Å². The molecule has 1 fully saturated rings. The van der Waals surface area contributed by atoms with Crippen LogP contribution in [0.5, 0.6) is 5.75 Å². The van der Waals surface area contributed by atoms with Gasteiger partial charge in [-0.1, -0.05) is 12.1 Å². The van der Waals surface area contributed by atoms with Gasteiger partial charge < -0.3 is 15.0 Å². The molecule has 1 saturated heterocycles. The van der Waals surface area contributed by atoms with E-state index in [2.05, 4.69) is 49.2 Å². The van der Waals surface area contributed by atoms with E-state index in [1.807, 2.05) is 6.07 Å². The van der Waals surface area contributed by atoms with Gasteiger partial charge in [-0.3, -0.25) is 0 Å². The molecule has 0 amide bonds. The van der Waals surface area contributed by atoms with Crippen LogP contribution in [0.2, 0.25) is 0 Å². The van der Waals surface area contributed by atoms with Gasteiger partial charge in [0.2, 0.25) is 0 Å². The molecule has 1 aliphatic rings. The zero-order valence-corrected chi connectivity index (χ0v) is 13.1. The first-order valence-corrected chi connectivity index (χ1v) is 7.85. The Bertz CT molecular complexity index is 400. The largest absolute Gasteiger partial charge is 0.491 e. The van der Waals surface area contributed by atoms with Gasteiger partial charge in [-0.15, -0.1) is 0 Å². The number of ether oxygens (including phenoxy) is 1. The number of rotatable bonds is 7. The van der Waals surface area contributed by atoms with E-state index in [-0.39, 0.29) is 6.10 Å². The van der Waals surface area contributed by atoms with Crippen molar-refractivity contribution in [2.75, 3.05) is 19.6 Å². The Labute approximate surface area is 123 Å². The summed E-state index contributed by atoms with van der Waals surface area (Å²) < 4.78 is 5.73. The van der Waals surface area contributed by atoms with Gasteiger partial charge in [0.15, 0.2) is 0 Å². The van der Waals surface area contributed by atoms with Crippen molar-refractivity contribution in [2.45, 2.75) is 52.3 Å². The average molecular weight is 276 g/mol. The van der Waals surface area contributed by atoms with Crippen molar-refractivity contribution in [2.24, 2.45) is 0 Å². The minimum atomic E-state index is 0.229. The van der Waals surface area contributed by atoms with E-state index in [0.29, 0.717) is 6.04 Å². The quantitative estimate of drug-likeness (QED) is 0.828. The second-order valence-electron chi connectivity index (χ2n) is 6.10. The molecule has 1 unspecified atom stereocenters. The Morgan fingerprint density at radius 2 is 1.95 bits per heavy atom. The van der Waals surface area contributed by atoms with Crippen molar-refractivity contribution in [3.63, 3.8) is 0 Å². The van der Waals surface area contributed by atoms with Crippen LogP contribution in [0.15, 0.2) is 24.3 Å². The van der Waals surface area contributed by atoms with Crippen LogP contribution in [0, 0.1) is 0 Å². The van der Waals surface area contributed by atoms with Gasteiger partial charge in [0.1, 0.15) is 5.75 Å². The minimum Gasteiger partial charge on any atom is -0.491 e. The van der Waals surface area contributed by atoms with Gasteiger partial charge in [0.05, 0.1) is 6.10 Å². The molecule has 2 rings (SSSR count). The summed E-state index contributed by atoms with van der Waals surface area (Å²) in [6.45, 7) is 11.0. The highest BCUT2D eigenvalue weighted by Gasteiger charge is 2.14. The molecule has 1 aromatic rings. The molecule has 1 aliphatic heterocycles. The Kier molecular flexibility index (Phi) is 5.86. The highest BCUT2D eigenvalue weighted by molar-refractivity contribution is 5.28. The predicted octanol–water partition coefficient (Wildman–Crippen LogP) is 3.05. The second-order valence-corrected chi connectivity index (χ2v) is 6.10. The fourth-order valence-electron chi connectivity index (χ4n) is 2.71. The fourth-order valence-corrected chi connectivity index (χ4v) is 2.71. The molecule has 0 radical (unpaired) electrons. The van der Waals surface area contributed by atoms with Crippen molar-refractivity contribution in [3.8, 4) is 5.75 Å². The lowest BCUT2D eigenvalue weighted by Crippen LogP contribution is -2.37. The predicted molar refractivity (Wildman–Crippen MR) is 84.2 cm³/mol. The molecule has 1 heterocycles. The molecule has 0 aromatic heterocycles. The van der Waals surface area contributed by atoms with E-state index in [9.17, 15) is 0 Å². The molecule has 112 valence electrons. The van der Waals surface area contributed by atoms with E-state index < -0.39 is 0 Å². The smallest absolute Gasteiger partial charge is 0.120 e. The van der Waals surface area contributed by atoms with Gasteiger partial charge in [-0.25, -0.2) is 0 Å². The Balaban J connectivity index is 1.77. The summed E-state index contributed by atoms with van der Waals surface area (Å²) in [4.78, 5) is 2.55. The first-order valence-electron chi connectivity index (χ1n) is 7.85. The second kappa shape index (κ2) is 7.65. The van der Waals surface area contributed by atoms with Gasteiger partial charge >= 0.3 is 0 Å². The maximum atomic E-state index is 5.73. The molecule has 20 heavy (non-hydrogen) atoms. The highest BCUT2D eigenvalue weighted by atomic mass is 16.5. The highest BCUT2D eigenvalue weighted by Crippen LogP contribution is 2.15. The number of benzene rings is 1. The first kappa shape index (κ1) is 15.3. The maximum Gasteiger partial charge on any atom is 0.120 e. The Morgan fingerprint density at radius 3 is 2.65 bits per heavy atom. The van der Waals surface area contributed by atoms with Crippen molar-refractivity contribution in [1.29, 1.82) is 0 Å². The van der Waals surface area contributed by atoms with E-state index >= 15 is 0 Å². The molecule has 1 atom stereocenters. The van der Waals surface area contributed by atoms with E-state index in [4.69, 9.17) is 4.74 Å². The van der Waals surface area contributed by atoms with Crippen molar-refractivity contribution < 1.29 is 4.74 Å². The number of nitrogens with one attached hydrogen (secondary N) is 1. The van der Waals surface area contributed by atoms with E-state index in [1.54, 1.807) is 0 Å². The summed E-state index contributed by atoms with van der Waals surface area (Å²) in [5, 5.41) is 3.61. The fraction of sp³-hybridized carbons (Fsp3) is 0.647. The van der Waals surface area contributed by atoms with E-state index in [0.717, 1.165) is 18.8 Å². The van der Waals surface area contributed by atoms with Crippen LogP contribution in [0.1, 0.15) is 39.2 Å². The molecule has 0 saturated carbocycles. The SMILES string of the molecule is CC(CN1CCCC1)NCc1cccc(OC(C)C)c1. The van der Waals surface area contributed by atoms with Gasteiger partial charge in [0.25, 0.3) is 0 Å². The molecule has 0 aliphatic carbocycles. The van der Waals surface area contributed by atoms with Gasteiger partial charge in [-0.2, -0.15) is 0 Å². The molecule has 1 aromatic carbocycles. The Morgan fingerprint density at radius 1 is 1.20 bits per heavy atom. The number of nitrogens with zero attached hydrogens (tertiary/aromatic N) is 1. The molecule has 0 spiro atoms. The summed E-state index contributed by atoms with van der Waals surface area (Å²) in [5.41, 5.74) is 1.29. The minimum absolute atomic E-state index is 0.229. The lowest BCUT2D eigenvalue weighted by Gasteiger charge is -2.21. The van der Waals surface area contributed by atoms with Gasteiger partial charge in [0, 0.05) is 19.1 Å². The normalized spacial score (nSPS) is 17.6. The lowest BCUT2D eigenvalue weighted by atomic mass is 10.2. The van der Waals surface area contributed by atoms with Crippen LogP contribution < -0.4 is 10.1 Å². The van der Waals surface area contributed by atoms with Crippen LogP contribution in [0.3, 0.4) is 0 Å². The summed E-state index contributed by atoms with van der Waals surface area (Å²) >= 11 is 0. The van der Waals surface area contributed by atoms with Crippen molar-refractivity contribution in [3.05, 3.63) is 29.8 Å². The third-order valence-electron chi connectivity index (χ3n) is 3.66. The topological polar surface area (TPSA) is 24.5 Å². The zero-order chi connectivity index (χ0) is 14.4. The van der Waals surface area contributed by atoms with Crippen LogP contribution in [-0.4, -0.2) is 36.7 Å². The first-order chi connectivity index (χ1) is 9.63. The molecular formula is C17H28N2O. The lowest BCUT2D eigenvalue weighted by molar-refractivity contribution is 0.242. The van der Waals surface area contributed by atoms with E-state index in [1.165, 1.54) is 31.5 Å².